The molecule has 18 nitrogen and oxygen atoms in total. The summed E-state index contributed by atoms with van der Waals surface area (Å²) in [6.45, 7) is 1.59. The number of aliphatic hydroxyl groups is 1. The summed E-state index contributed by atoms with van der Waals surface area (Å²) in [5.74, 6) is -3.59. The van der Waals surface area contributed by atoms with Crippen LogP contribution in [0.15, 0.2) is 157 Å². The number of azo groups is 2. The van der Waals surface area contributed by atoms with Crippen LogP contribution in [-0.2, 0) is 20.2 Å². The molecule has 313 valence electrons. The van der Waals surface area contributed by atoms with Gasteiger partial charge in [-0.25, -0.2) is 9.79 Å². The van der Waals surface area contributed by atoms with E-state index in [4.69, 9.17) is 0 Å². The Morgan fingerprint density at radius 1 is 0.587 bits per heavy atom. The number of carbonyl (C=O) groups is 2. The third kappa shape index (κ3) is 9.92. The Morgan fingerprint density at radius 3 is 1.73 bits per heavy atom. The van der Waals surface area contributed by atoms with Crippen LogP contribution in [0.5, 0.6) is 11.5 Å². The molecule has 63 heavy (non-hydrogen) atoms. The maximum Gasteiger partial charge on any atom is 0.337 e. The average Bonchev–Trinajstić information content (AvgIpc) is 3.22. The van der Waals surface area contributed by atoms with Crippen molar-refractivity contribution in [2.45, 2.75) is 16.7 Å². The number of phenols is 2. The van der Waals surface area contributed by atoms with E-state index in [0.717, 1.165) is 12.1 Å². The van der Waals surface area contributed by atoms with Gasteiger partial charge in [-0.1, -0.05) is 30.3 Å². The molecule has 0 aliphatic carbocycles. The predicted octanol–water partition coefficient (Wildman–Crippen LogP) is 9.24. The van der Waals surface area contributed by atoms with E-state index in [1.807, 2.05) is 0 Å². The number of aliphatic imine (C=N–C) groups is 1. The molecule has 0 aliphatic heterocycles. The van der Waals surface area contributed by atoms with Gasteiger partial charge in [0.2, 0.25) is 5.90 Å². The van der Waals surface area contributed by atoms with Gasteiger partial charge in [0.05, 0.1) is 16.9 Å². The van der Waals surface area contributed by atoms with Crippen LogP contribution in [0.4, 0.5) is 34.1 Å². The van der Waals surface area contributed by atoms with Crippen LogP contribution in [0.25, 0.3) is 21.5 Å². The van der Waals surface area contributed by atoms with E-state index < -0.39 is 70.7 Å². The second-order valence-electron chi connectivity index (χ2n) is 13.4. The molecule has 7 rings (SSSR count). The van der Waals surface area contributed by atoms with Crippen LogP contribution in [0.3, 0.4) is 0 Å². The van der Waals surface area contributed by atoms with E-state index in [-0.39, 0.29) is 85.0 Å². The molecule has 0 bridgehead atoms. The molecule has 1 amide bonds. The largest absolute Gasteiger partial charge is 0.505 e. The van der Waals surface area contributed by atoms with Crippen molar-refractivity contribution in [1.29, 1.82) is 0 Å². The van der Waals surface area contributed by atoms with E-state index >= 15 is 0 Å². The molecule has 0 heterocycles. The number of carboxylic acids is 1. The Balaban J connectivity index is 0.00000661. The molecule has 0 atom stereocenters. The van der Waals surface area contributed by atoms with Crippen LogP contribution in [0.1, 0.15) is 31.8 Å². The standard InChI is InChI=1S/C42H30N6O12S2.Na/c1-22-17-24(41(52)44-28-13-15-30-26(19-28)21-35(62(58,59)60)37(39(30)50)48-46-33-10-6-5-9-31(33)42(53)54)11-16-32(22)45-47-36-34(61(55,56)57)20-25-18-27(12-14-29(25)38(36)49)43-40(51)23-7-3-2-4-8-23;/h2-21,49-50H,1H3,(H,43,51)(H,44,52)(H,53,54)(H,55,56,57)(H,58,59,60);. The summed E-state index contributed by atoms with van der Waals surface area (Å²) in [5.41, 5.74) is -0.138. The van der Waals surface area contributed by atoms with Crippen LogP contribution in [0.2, 0.25) is 0 Å². The minimum atomic E-state index is -5.02. The number of aryl methyl sites for hydroxylation is 1. The summed E-state index contributed by atoms with van der Waals surface area (Å²) >= 11 is 0. The number of carbonyl (C=O) groups excluding carboxylic acids is 1. The normalized spacial score (nSPS) is 12.2. The second kappa shape index (κ2) is 18.2. The molecule has 7 aromatic carbocycles. The molecule has 21 heteroatoms. The zero-order valence-electron chi connectivity index (χ0n) is 32.7. The quantitative estimate of drug-likeness (QED) is 0.0210. The number of aromatic hydroxyl groups is 2. The van der Waals surface area contributed by atoms with Crippen molar-refractivity contribution in [3.05, 3.63) is 144 Å². The minimum absolute atomic E-state index is 0. The second-order valence-corrected chi connectivity index (χ2v) is 16.2. The fraction of sp³-hybridized carbons (Fsp3) is 0.0238. The number of phenolic OH excluding ortho intramolecular Hbond substituents is 2. The van der Waals surface area contributed by atoms with E-state index in [1.54, 1.807) is 37.3 Å². The molecule has 0 saturated carbocycles. The van der Waals surface area contributed by atoms with Crippen molar-refractivity contribution >= 4 is 123 Å². The average molecular weight is 898 g/mol. The fourth-order valence-corrected chi connectivity index (χ4v) is 7.58. The van der Waals surface area contributed by atoms with E-state index in [2.05, 4.69) is 30.8 Å². The Hall–Kier alpha value is -6.91. The number of fused-ring (bicyclic) bond motifs is 2. The Labute approximate surface area is 379 Å². The molecular formula is C42H30N6NaO12S2. The third-order valence-corrected chi connectivity index (χ3v) is 11.0. The molecule has 0 aliphatic rings. The minimum Gasteiger partial charge on any atom is -0.505 e. The monoisotopic (exact) mass is 897 g/mol. The van der Waals surface area contributed by atoms with Gasteiger partial charge in [-0.2, -0.15) is 21.9 Å². The molecular weight excluding hydrogens is 868 g/mol. The van der Waals surface area contributed by atoms with Crippen molar-refractivity contribution in [3.63, 3.8) is 0 Å². The number of rotatable bonds is 11. The van der Waals surface area contributed by atoms with Crippen LogP contribution in [-0.4, -0.2) is 93.7 Å². The summed E-state index contributed by atoms with van der Waals surface area (Å²) in [6, 6.07) is 28.5. The van der Waals surface area contributed by atoms with Gasteiger partial charge in [0.1, 0.15) is 26.9 Å². The Bertz CT molecular complexity index is 3330. The number of nitrogens with one attached hydrogen (secondary N) is 1. The zero-order valence-corrected chi connectivity index (χ0v) is 36.4. The maximum atomic E-state index is 12.7. The van der Waals surface area contributed by atoms with Gasteiger partial charge in [0.15, 0.2) is 11.5 Å². The first kappa shape index (κ1) is 45.6. The molecule has 0 spiro atoms. The molecule has 0 aromatic heterocycles. The molecule has 7 aromatic rings. The number of carboxylic acid groups (broad SMARTS) is 1. The van der Waals surface area contributed by atoms with Crippen LogP contribution >= 0.6 is 0 Å². The first-order valence-electron chi connectivity index (χ1n) is 17.8. The smallest absolute Gasteiger partial charge is 0.337 e. The SMILES string of the molecule is Cc1cc(C(O)=Nc2ccc3c(O)c(N=Nc4ccccc4C(=O)O)c(S(=O)(=O)O)cc3c2)ccc1N=Nc1c(S(=O)(=O)O)cc2cc(NC(=O)c3ccccc3)ccc2c1O.[Na]. The van der Waals surface area contributed by atoms with Gasteiger partial charge in [-0.05, 0) is 114 Å². The first-order chi connectivity index (χ1) is 29.4. The predicted molar refractivity (Wildman–Crippen MR) is 233 cm³/mol. The van der Waals surface area contributed by atoms with Crippen LogP contribution in [0, 0.1) is 6.92 Å². The molecule has 1 radical (unpaired) electrons. The van der Waals surface area contributed by atoms with Crippen molar-refractivity contribution in [3.8, 4) is 11.5 Å². The van der Waals surface area contributed by atoms with Gasteiger partial charge < -0.3 is 25.7 Å². The number of amides is 1. The molecule has 0 saturated heterocycles. The number of hydrogen-bond acceptors (Lipinski definition) is 13. The Kier molecular flexibility index (Phi) is 13.2. The number of hydrogen-bond donors (Lipinski definition) is 7. The summed E-state index contributed by atoms with van der Waals surface area (Å²) in [7, 11) is -9.99. The summed E-state index contributed by atoms with van der Waals surface area (Å²) in [6.07, 6.45) is 0. The number of nitrogens with zero attached hydrogens (tertiary/aromatic N) is 5. The zero-order chi connectivity index (χ0) is 44.5. The maximum absolute atomic E-state index is 12.7. The number of anilines is 1. The van der Waals surface area contributed by atoms with E-state index in [1.165, 1.54) is 78.9 Å². The Morgan fingerprint density at radius 2 is 1.14 bits per heavy atom. The van der Waals surface area contributed by atoms with Crippen molar-refractivity contribution < 1.29 is 56.0 Å². The van der Waals surface area contributed by atoms with E-state index in [0.29, 0.717) is 11.1 Å². The van der Waals surface area contributed by atoms with Gasteiger partial charge in [0.25, 0.3) is 26.1 Å². The number of benzene rings is 7. The first-order valence-corrected chi connectivity index (χ1v) is 20.7. The van der Waals surface area contributed by atoms with Crippen molar-refractivity contribution in [2.75, 3.05) is 5.32 Å². The van der Waals surface area contributed by atoms with Crippen molar-refractivity contribution in [1.82, 2.24) is 0 Å². The topological polar surface area (TPSA) is 298 Å². The number of aromatic carboxylic acids is 1. The summed E-state index contributed by atoms with van der Waals surface area (Å²) in [5, 5.41) is 61.3. The molecule has 0 fully saturated rings. The third-order valence-electron chi connectivity index (χ3n) is 9.28. The van der Waals surface area contributed by atoms with Crippen molar-refractivity contribution in [2.24, 2.45) is 25.4 Å². The summed E-state index contributed by atoms with van der Waals surface area (Å²) in [4.78, 5) is 26.8. The van der Waals surface area contributed by atoms with Gasteiger partial charge in [-0.3, -0.25) is 13.9 Å². The van der Waals surface area contributed by atoms with Gasteiger partial charge in [-0.15, -0.1) is 15.3 Å². The van der Waals surface area contributed by atoms with Crippen LogP contribution < -0.4 is 5.32 Å². The van der Waals surface area contributed by atoms with Gasteiger partial charge in [0, 0.05) is 57.1 Å². The molecule has 7 N–H and O–H groups in total. The molecule has 0 unspecified atom stereocenters. The summed E-state index contributed by atoms with van der Waals surface area (Å²) < 4.78 is 69.8. The number of aliphatic hydroxyl groups excluding tert-OH is 1. The van der Waals surface area contributed by atoms with Gasteiger partial charge >= 0.3 is 5.97 Å². The fourth-order valence-electron chi connectivity index (χ4n) is 6.26. The van der Waals surface area contributed by atoms with E-state index in [9.17, 15) is 56.0 Å².